The fourth-order valence-electron chi connectivity index (χ4n) is 0.836. The van der Waals surface area contributed by atoms with Crippen LogP contribution in [0, 0.1) is 0 Å². The third-order valence-corrected chi connectivity index (χ3v) is 1.27. The molecule has 8 heavy (non-hydrogen) atoms. The average molecular weight is 110 g/mol. The summed E-state index contributed by atoms with van der Waals surface area (Å²) in [5.74, 6) is 0.949. The highest BCUT2D eigenvalue weighted by atomic mass is 15.4. The van der Waals surface area contributed by atoms with Gasteiger partial charge in [-0.05, 0) is 0 Å². The molecule has 0 radical (unpaired) electrons. The summed E-state index contributed by atoms with van der Waals surface area (Å²) in [6.07, 6.45) is 1.59. The van der Waals surface area contributed by atoms with Crippen LogP contribution in [0.1, 0.15) is 0 Å². The van der Waals surface area contributed by atoms with Crippen LogP contribution in [-0.4, -0.2) is 24.8 Å². The van der Waals surface area contributed by atoms with E-state index in [-0.39, 0.29) is 6.04 Å². The van der Waals surface area contributed by atoms with Crippen molar-refractivity contribution in [2.75, 3.05) is 6.54 Å². The fourth-order valence-corrected chi connectivity index (χ4v) is 0.836. The lowest BCUT2D eigenvalue weighted by molar-refractivity contribution is 0.716. The third-order valence-electron chi connectivity index (χ3n) is 1.27. The highest BCUT2D eigenvalue weighted by Gasteiger charge is 2.22. The quantitative estimate of drug-likeness (QED) is 0.416. The molecular weight excluding hydrogens is 104 g/mol. The molecule has 0 spiro atoms. The summed E-state index contributed by atoms with van der Waals surface area (Å²) in [6.45, 7) is 0.870. The molecule has 1 saturated heterocycles. The Kier molecular flexibility index (Phi) is 0.648. The van der Waals surface area contributed by atoms with Crippen molar-refractivity contribution in [1.82, 2.24) is 10.9 Å². The number of nitrogens with one attached hydrogen (secondary N) is 2. The first-order chi connectivity index (χ1) is 3.97. The summed E-state index contributed by atoms with van der Waals surface area (Å²) in [5.41, 5.74) is 5.82. The minimum atomic E-state index is 0.273. The summed E-state index contributed by atoms with van der Waals surface area (Å²) in [7, 11) is 0. The Morgan fingerprint density at radius 2 is 2.75 bits per heavy atom. The lowest BCUT2D eigenvalue weighted by Gasteiger charge is -1.90. The molecule has 2 N–H and O–H groups in total. The zero-order valence-electron chi connectivity index (χ0n) is 4.26. The second kappa shape index (κ2) is 1.29. The van der Waals surface area contributed by atoms with Gasteiger partial charge in [-0.25, -0.2) is 10.4 Å². The van der Waals surface area contributed by atoms with Gasteiger partial charge >= 0.3 is 0 Å². The molecule has 1 atom stereocenters. The maximum atomic E-state index is 4.04. The number of hydrogen-bond acceptors (Lipinski definition) is 4. The molecule has 2 heterocycles. The standard InChI is InChI=1S/C4H6N4/c1-3-4(8-7-1)6-2-5-3/h2-3,7H,1H2,(H,5,6,8). The van der Waals surface area contributed by atoms with Crippen molar-refractivity contribution in [1.29, 1.82) is 0 Å². The lowest BCUT2D eigenvalue weighted by Crippen LogP contribution is -2.26. The summed E-state index contributed by atoms with van der Waals surface area (Å²) >= 11 is 0. The van der Waals surface area contributed by atoms with Crippen LogP contribution in [0.4, 0.5) is 0 Å². The summed E-state index contributed by atoms with van der Waals surface area (Å²) in [4.78, 5) is 7.99. The number of amidine groups is 1. The van der Waals surface area contributed by atoms with Gasteiger partial charge in [0.2, 0.25) is 0 Å². The van der Waals surface area contributed by atoms with E-state index in [4.69, 9.17) is 0 Å². The Bertz CT molecular complexity index is 159. The van der Waals surface area contributed by atoms with Crippen LogP contribution in [0.2, 0.25) is 0 Å². The second-order valence-electron chi connectivity index (χ2n) is 1.80. The molecule has 42 valence electrons. The van der Waals surface area contributed by atoms with Crippen LogP contribution < -0.4 is 10.9 Å². The van der Waals surface area contributed by atoms with Gasteiger partial charge in [0.1, 0.15) is 18.2 Å². The lowest BCUT2D eigenvalue weighted by atomic mass is 10.3. The fraction of sp³-hybridized carbons (Fsp3) is 0.500. The van der Waals surface area contributed by atoms with Gasteiger partial charge < -0.3 is 5.43 Å². The van der Waals surface area contributed by atoms with E-state index >= 15 is 0 Å². The Morgan fingerprint density at radius 3 is 3.62 bits per heavy atom. The molecule has 4 heteroatoms. The Labute approximate surface area is 46.7 Å². The number of aliphatic imine (C=N–C) groups is 2. The molecule has 2 rings (SSSR count). The molecule has 0 aliphatic carbocycles. The first kappa shape index (κ1) is 4.03. The highest BCUT2D eigenvalue weighted by Crippen LogP contribution is 2.00. The van der Waals surface area contributed by atoms with E-state index in [1.54, 1.807) is 6.34 Å². The van der Waals surface area contributed by atoms with Crippen molar-refractivity contribution in [3.05, 3.63) is 0 Å². The van der Waals surface area contributed by atoms with E-state index in [1.165, 1.54) is 0 Å². The van der Waals surface area contributed by atoms with E-state index < -0.39 is 0 Å². The minimum absolute atomic E-state index is 0.273. The number of nitrogens with zero attached hydrogens (tertiary/aromatic N) is 2. The van der Waals surface area contributed by atoms with E-state index in [0.717, 1.165) is 12.4 Å². The normalized spacial score (nSPS) is 32.0. The zero-order valence-corrected chi connectivity index (χ0v) is 4.26. The van der Waals surface area contributed by atoms with Gasteiger partial charge in [-0.3, -0.25) is 4.99 Å². The minimum Gasteiger partial charge on any atom is -0.307 e. The van der Waals surface area contributed by atoms with Crippen LogP contribution in [0.15, 0.2) is 9.98 Å². The SMILES string of the molecule is C1=NC2CNNC2=N1. The van der Waals surface area contributed by atoms with Crippen molar-refractivity contribution < 1.29 is 0 Å². The number of rotatable bonds is 0. The third kappa shape index (κ3) is 0.376. The number of fused-ring (bicyclic) bond motifs is 1. The predicted molar refractivity (Wildman–Crippen MR) is 30.9 cm³/mol. The van der Waals surface area contributed by atoms with E-state index in [0.29, 0.717) is 0 Å². The van der Waals surface area contributed by atoms with Crippen LogP contribution in [0.5, 0.6) is 0 Å². The molecular formula is C4H6N4. The van der Waals surface area contributed by atoms with E-state index in [1.807, 2.05) is 0 Å². The van der Waals surface area contributed by atoms with Gasteiger partial charge in [-0.15, -0.1) is 0 Å². The predicted octanol–water partition coefficient (Wildman–Crippen LogP) is -1.10. The average Bonchev–Trinajstić information content (AvgIpc) is 2.15. The number of hydrogen-bond donors (Lipinski definition) is 2. The summed E-state index contributed by atoms with van der Waals surface area (Å²) in [6, 6.07) is 0.273. The molecule has 0 saturated carbocycles. The largest absolute Gasteiger partial charge is 0.307 e. The Morgan fingerprint density at radius 1 is 1.75 bits per heavy atom. The summed E-state index contributed by atoms with van der Waals surface area (Å²) < 4.78 is 0. The molecule has 0 aromatic carbocycles. The smallest absolute Gasteiger partial charge is 0.144 e. The van der Waals surface area contributed by atoms with Gasteiger partial charge in [0, 0.05) is 6.54 Å². The molecule has 0 amide bonds. The molecule has 2 aliphatic heterocycles. The van der Waals surface area contributed by atoms with Gasteiger partial charge in [0.05, 0.1) is 0 Å². The molecule has 1 unspecified atom stereocenters. The Hall–Kier alpha value is -0.900. The maximum absolute atomic E-state index is 4.04. The van der Waals surface area contributed by atoms with Gasteiger partial charge in [-0.2, -0.15) is 0 Å². The molecule has 0 bridgehead atoms. The van der Waals surface area contributed by atoms with E-state index in [9.17, 15) is 0 Å². The van der Waals surface area contributed by atoms with Crippen molar-refractivity contribution >= 4 is 12.2 Å². The topological polar surface area (TPSA) is 48.8 Å². The molecule has 0 aromatic heterocycles. The van der Waals surface area contributed by atoms with Gasteiger partial charge in [0.15, 0.2) is 0 Å². The monoisotopic (exact) mass is 110 g/mol. The van der Waals surface area contributed by atoms with Crippen molar-refractivity contribution in [3.63, 3.8) is 0 Å². The van der Waals surface area contributed by atoms with Crippen LogP contribution >= 0.6 is 0 Å². The van der Waals surface area contributed by atoms with Crippen molar-refractivity contribution in [3.8, 4) is 0 Å². The van der Waals surface area contributed by atoms with Crippen LogP contribution in [0.25, 0.3) is 0 Å². The van der Waals surface area contributed by atoms with Crippen LogP contribution in [0.3, 0.4) is 0 Å². The van der Waals surface area contributed by atoms with Crippen LogP contribution in [-0.2, 0) is 0 Å². The summed E-state index contributed by atoms with van der Waals surface area (Å²) in [5, 5.41) is 0. The first-order valence-corrected chi connectivity index (χ1v) is 2.55. The molecule has 1 fully saturated rings. The van der Waals surface area contributed by atoms with Crippen molar-refractivity contribution in [2.24, 2.45) is 9.98 Å². The second-order valence-corrected chi connectivity index (χ2v) is 1.80. The number of hydrazine groups is 1. The van der Waals surface area contributed by atoms with E-state index in [2.05, 4.69) is 20.8 Å². The van der Waals surface area contributed by atoms with Gasteiger partial charge in [0.25, 0.3) is 0 Å². The highest BCUT2D eigenvalue weighted by molar-refractivity contribution is 5.98. The molecule has 2 aliphatic rings. The maximum Gasteiger partial charge on any atom is 0.144 e. The Balaban J connectivity index is 2.29. The van der Waals surface area contributed by atoms with Crippen molar-refractivity contribution in [2.45, 2.75) is 6.04 Å². The van der Waals surface area contributed by atoms with Gasteiger partial charge in [-0.1, -0.05) is 0 Å². The molecule has 0 aromatic rings. The molecule has 4 nitrogen and oxygen atoms in total. The first-order valence-electron chi connectivity index (χ1n) is 2.55. The zero-order chi connectivity index (χ0) is 5.40.